The van der Waals surface area contributed by atoms with Gasteiger partial charge >= 0.3 is 0 Å². The number of nitrogens with one attached hydrogen (secondary N) is 1. The highest BCUT2D eigenvalue weighted by atomic mass is 16.5. The van der Waals surface area contributed by atoms with Gasteiger partial charge in [0.25, 0.3) is 0 Å². The van der Waals surface area contributed by atoms with Gasteiger partial charge in [0.15, 0.2) is 0 Å². The number of hydrogen-bond acceptors (Lipinski definition) is 6. The predicted octanol–water partition coefficient (Wildman–Crippen LogP) is 3.30. The lowest BCUT2D eigenvalue weighted by molar-refractivity contribution is 0.109. The van der Waals surface area contributed by atoms with Gasteiger partial charge in [-0.2, -0.15) is 0 Å². The van der Waals surface area contributed by atoms with Gasteiger partial charge in [-0.3, -0.25) is 0 Å². The van der Waals surface area contributed by atoms with Gasteiger partial charge in [0.05, 0.1) is 12.4 Å². The highest BCUT2D eigenvalue weighted by Crippen LogP contribution is 2.22. The van der Waals surface area contributed by atoms with Crippen molar-refractivity contribution in [2.45, 2.75) is 25.5 Å². The maximum atomic E-state index is 6.01. The number of rotatable bonds is 5. The third kappa shape index (κ3) is 4.28. The van der Waals surface area contributed by atoms with Crippen molar-refractivity contribution in [1.29, 1.82) is 0 Å². The molecule has 1 aliphatic rings. The van der Waals surface area contributed by atoms with Crippen LogP contribution in [0.4, 0.5) is 11.5 Å². The number of aromatic nitrogens is 2. The van der Waals surface area contributed by atoms with Gasteiger partial charge in [-0.15, -0.1) is 0 Å². The Bertz CT molecular complexity index is 904. The van der Waals surface area contributed by atoms with Crippen LogP contribution in [0.5, 0.6) is 5.88 Å². The minimum atomic E-state index is 0.236. The van der Waals surface area contributed by atoms with E-state index in [1.165, 1.54) is 5.56 Å². The molecule has 0 amide bonds. The number of anilines is 2. The molecule has 0 radical (unpaired) electrons. The van der Waals surface area contributed by atoms with E-state index in [-0.39, 0.29) is 6.10 Å². The van der Waals surface area contributed by atoms with Crippen LogP contribution in [0.25, 0.3) is 10.8 Å². The molecule has 1 fully saturated rings. The van der Waals surface area contributed by atoms with Crippen LogP contribution in [0.3, 0.4) is 0 Å². The maximum Gasteiger partial charge on any atom is 0.232 e. The van der Waals surface area contributed by atoms with E-state index in [9.17, 15) is 0 Å². The highest BCUT2D eigenvalue weighted by Gasteiger charge is 2.18. The van der Waals surface area contributed by atoms with Crippen molar-refractivity contribution in [1.82, 2.24) is 14.9 Å². The zero-order valence-electron chi connectivity index (χ0n) is 15.6. The Morgan fingerprint density at radius 3 is 2.78 bits per heavy atom. The molecular formula is C21H25N5O. The summed E-state index contributed by atoms with van der Waals surface area (Å²) in [5.74, 6) is 1.33. The first-order valence-electron chi connectivity index (χ1n) is 9.35. The molecule has 27 heavy (non-hydrogen) atoms. The van der Waals surface area contributed by atoms with E-state index < -0.39 is 0 Å². The summed E-state index contributed by atoms with van der Waals surface area (Å²) in [7, 11) is 2.14. The first-order chi connectivity index (χ1) is 13.2. The number of hydrogen-bond donors (Lipinski definition) is 2. The van der Waals surface area contributed by atoms with Crippen molar-refractivity contribution < 1.29 is 4.74 Å². The van der Waals surface area contributed by atoms with Crippen LogP contribution >= 0.6 is 0 Å². The van der Waals surface area contributed by atoms with E-state index in [0.717, 1.165) is 48.2 Å². The molecule has 6 heteroatoms. The van der Waals surface area contributed by atoms with E-state index in [0.29, 0.717) is 12.4 Å². The molecule has 1 aliphatic heterocycles. The minimum Gasteiger partial charge on any atom is -0.473 e. The quantitative estimate of drug-likeness (QED) is 0.678. The molecule has 2 aromatic carbocycles. The fraction of sp³-hybridized carbons (Fsp3) is 0.333. The largest absolute Gasteiger partial charge is 0.473 e. The van der Waals surface area contributed by atoms with E-state index in [4.69, 9.17) is 10.5 Å². The zero-order chi connectivity index (χ0) is 18.6. The summed E-state index contributed by atoms with van der Waals surface area (Å²) in [6.07, 6.45) is 5.72. The Hall–Kier alpha value is -2.86. The number of piperidine rings is 1. The average Bonchev–Trinajstić information content (AvgIpc) is 2.69. The van der Waals surface area contributed by atoms with Crippen molar-refractivity contribution >= 4 is 22.3 Å². The molecular weight excluding hydrogens is 338 g/mol. The van der Waals surface area contributed by atoms with Crippen molar-refractivity contribution in [3.05, 3.63) is 54.4 Å². The molecule has 0 aliphatic carbocycles. The van der Waals surface area contributed by atoms with E-state index >= 15 is 0 Å². The fourth-order valence-corrected chi connectivity index (χ4v) is 3.40. The lowest BCUT2D eigenvalue weighted by Crippen LogP contribution is -2.35. The monoisotopic (exact) mass is 363 g/mol. The molecule has 1 aromatic heterocycles. The highest BCUT2D eigenvalue weighted by molar-refractivity contribution is 5.93. The summed E-state index contributed by atoms with van der Waals surface area (Å²) >= 11 is 0. The van der Waals surface area contributed by atoms with Crippen LogP contribution in [0.2, 0.25) is 0 Å². The van der Waals surface area contributed by atoms with Crippen molar-refractivity contribution in [2.24, 2.45) is 0 Å². The molecule has 0 bridgehead atoms. The van der Waals surface area contributed by atoms with Crippen molar-refractivity contribution in [3.63, 3.8) is 0 Å². The molecule has 0 atom stereocenters. The Morgan fingerprint density at radius 1 is 1.15 bits per heavy atom. The molecule has 4 rings (SSSR count). The smallest absolute Gasteiger partial charge is 0.232 e. The van der Waals surface area contributed by atoms with E-state index in [2.05, 4.69) is 51.5 Å². The standard InChI is InChI=1S/C21H25N5O/c1-26-9-7-17(8-10-26)27-21-14-24-20(13-25-21)23-12-15-5-6-18-16(11-15)3-2-4-19(18)22/h2-6,11,13-14,17H,7-10,12,22H2,1H3,(H,23,24). The lowest BCUT2D eigenvalue weighted by Gasteiger charge is -2.28. The molecule has 0 spiro atoms. The van der Waals surface area contributed by atoms with Crippen LogP contribution in [-0.4, -0.2) is 41.1 Å². The second-order valence-corrected chi connectivity index (χ2v) is 7.12. The average molecular weight is 363 g/mol. The number of likely N-dealkylation sites (tertiary alicyclic amines) is 1. The van der Waals surface area contributed by atoms with Gasteiger partial charge in [-0.05, 0) is 43.0 Å². The predicted molar refractivity (Wildman–Crippen MR) is 109 cm³/mol. The van der Waals surface area contributed by atoms with Gasteiger partial charge in [0.2, 0.25) is 5.88 Å². The summed E-state index contributed by atoms with van der Waals surface area (Å²) < 4.78 is 5.94. The number of nitrogens with two attached hydrogens (primary N) is 1. The number of fused-ring (bicyclic) bond motifs is 1. The lowest BCUT2D eigenvalue weighted by atomic mass is 10.1. The van der Waals surface area contributed by atoms with Crippen LogP contribution < -0.4 is 15.8 Å². The van der Waals surface area contributed by atoms with Crippen LogP contribution in [0, 0.1) is 0 Å². The SMILES string of the molecule is CN1CCC(Oc2cnc(NCc3ccc4c(N)cccc4c3)cn2)CC1. The topological polar surface area (TPSA) is 76.3 Å². The Labute approximate surface area is 159 Å². The Kier molecular flexibility index (Phi) is 5.07. The van der Waals surface area contributed by atoms with Gasteiger partial charge in [-0.25, -0.2) is 9.97 Å². The summed E-state index contributed by atoms with van der Waals surface area (Å²) in [4.78, 5) is 11.1. The van der Waals surface area contributed by atoms with Crippen LogP contribution in [0.1, 0.15) is 18.4 Å². The van der Waals surface area contributed by atoms with Gasteiger partial charge in [-0.1, -0.05) is 24.3 Å². The maximum absolute atomic E-state index is 6.01. The van der Waals surface area contributed by atoms with Crippen LogP contribution in [0.15, 0.2) is 48.8 Å². The van der Waals surface area contributed by atoms with Crippen molar-refractivity contribution in [2.75, 3.05) is 31.2 Å². The summed E-state index contributed by atoms with van der Waals surface area (Å²) in [5.41, 5.74) is 7.98. The van der Waals surface area contributed by atoms with Gasteiger partial charge in [0, 0.05) is 30.7 Å². The minimum absolute atomic E-state index is 0.236. The molecule has 3 aromatic rings. The Morgan fingerprint density at radius 2 is 2.00 bits per heavy atom. The summed E-state index contributed by atoms with van der Waals surface area (Å²) in [5, 5.41) is 5.53. The Balaban J connectivity index is 1.35. The second kappa shape index (κ2) is 7.80. The fourth-order valence-electron chi connectivity index (χ4n) is 3.40. The molecule has 2 heterocycles. The molecule has 6 nitrogen and oxygen atoms in total. The normalized spacial score (nSPS) is 15.7. The first kappa shape index (κ1) is 17.5. The van der Waals surface area contributed by atoms with Crippen LogP contribution in [-0.2, 0) is 6.54 Å². The van der Waals surface area contributed by atoms with Gasteiger partial charge in [0.1, 0.15) is 11.9 Å². The summed E-state index contributed by atoms with van der Waals surface area (Å²) in [6, 6.07) is 12.3. The zero-order valence-corrected chi connectivity index (χ0v) is 15.6. The summed E-state index contributed by atoms with van der Waals surface area (Å²) in [6.45, 7) is 2.80. The molecule has 1 saturated heterocycles. The second-order valence-electron chi connectivity index (χ2n) is 7.12. The molecule has 0 unspecified atom stereocenters. The van der Waals surface area contributed by atoms with Crippen molar-refractivity contribution in [3.8, 4) is 5.88 Å². The number of benzene rings is 2. The number of nitrogens with zero attached hydrogens (tertiary/aromatic N) is 3. The van der Waals surface area contributed by atoms with E-state index in [1.807, 2.05) is 12.1 Å². The first-order valence-corrected chi connectivity index (χ1v) is 9.35. The third-order valence-electron chi connectivity index (χ3n) is 5.03. The molecule has 140 valence electrons. The molecule has 3 N–H and O–H groups in total. The van der Waals surface area contributed by atoms with Gasteiger partial charge < -0.3 is 20.7 Å². The van der Waals surface area contributed by atoms with E-state index in [1.54, 1.807) is 12.4 Å². The number of nitrogen functional groups attached to an aromatic ring is 1. The molecule has 0 saturated carbocycles. The number of ether oxygens (including phenoxy) is 1. The third-order valence-corrected chi connectivity index (χ3v) is 5.03.